The van der Waals surface area contributed by atoms with E-state index < -0.39 is 11.6 Å². The number of rotatable bonds is 4. The molecule has 1 aromatic carbocycles. The van der Waals surface area contributed by atoms with Crippen molar-refractivity contribution < 1.29 is 13.7 Å². The highest BCUT2D eigenvalue weighted by atomic mass is 19.1. The molecule has 0 aliphatic heterocycles. The summed E-state index contributed by atoms with van der Waals surface area (Å²) in [5, 5.41) is 6.78. The van der Waals surface area contributed by atoms with Crippen molar-refractivity contribution in [2.75, 3.05) is 0 Å². The Morgan fingerprint density at radius 1 is 1.48 bits per heavy atom. The Bertz CT molecular complexity index is 759. The largest absolute Gasteiger partial charge is 0.344 e. The summed E-state index contributed by atoms with van der Waals surface area (Å²) in [7, 11) is 0. The lowest BCUT2D eigenvalue weighted by molar-refractivity contribution is -0.129. The standard InChI is InChI=1S/C18H23FN4O2/c1-11(21-16(24)14-8-3-4-9-18(14,2)20)17-22-15(23-25-17)12-6-5-7-13(19)10-12/h5-7,10-11,14H,3-4,8-9,20H2,1-2H3,(H,21,24). The lowest BCUT2D eigenvalue weighted by Gasteiger charge is -2.37. The molecule has 6 nitrogen and oxygen atoms in total. The third-order valence-corrected chi connectivity index (χ3v) is 4.82. The van der Waals surface area contributed by atoms with Gasteiger partial charge in [0.2, 0.25) is 17.6 Å². The van der Waals surface area contributed by atoms with Crippen molar-refractivity contribution in [3.05, 3.63) is 36.0 Å². The molecule has 1 fully saturated rings. The fourth-order valence-electron chi connectivity index (χ4n) is 3.32. The Labute approximate surface area is 146 Å². The van der Waals surface area contributed by atoms with Crippen LogP contribution in [0.5, 0.6) is 0 Å². The van der Waals surface area contributed by atoms with Gasteiger partial charge in [-0.25, -0.2) is 4.39 Å². The van der Waals surface area contributed by atoms with Crippen LogP contribution >= 0.6 is 0 Å². The van der Waals surface area contributed by atoms with Crippen molar-refractivity contribution in [2.24, 2.45) is 11.7 Å². The van der Waals surface area contributed by atoms with Gasteiger partial charge in [-0.05, 0) is 38.8 Å². The number of hydrogen-bond acceptors (Lipinski definition) is 5. The van der Waals surface area contributed by atoms with Crippen molar-refractivity contribution >= 4 is 5.91 Å². The molecule has 1 heterocycles. The number of nitrogens with one attached hydrogen (secondary N) is 1. The smallest absolute Gasteiger partial charge is 0.249 e. The topological polar surface area (TPSA) is 94.0 Å². The molecule has 7 heteroatoms. The van der Waals surface area contributed by atoms with Gasteiger partial charge in [-0.1, -0.05) is 30.1 Å². The first kappa shape index (κ1) is 17.5. The molecule has 0 bridgehead atoms. The summed E-state index contributed by atoms with van der Waals surface area (Å²) in [6, 6.07) is 5.51. The van der Waals surface area contributed by atoms with Gasteiger partial charge in [0.05, 0.1) is 5.92 Å². The molecule has 3 N–H and O–H groups in total. The van der Waals surface area contributed by atoms with Crippen LogP contribution in [-0.4, -0.2) is 21.6 Å². The molecule has 1 aromatic heterocycles. The summed E-state index contributed by atoms with van der Waals surface area (Å²) in [5.74, 6) is -0.124. The van der Waals surface area contributed by atoms with Crippen molar-refractivity contribution in [3.8, 4) is 11.4 Å². The maximum Gasteiger partial charge on any atom is 0.249 e. The molecule has 1 aliphatic rings. The predicted molar refractivity (Wildman–Crippen MR) is 90.8 cm³/mol. The molecule has 2 aromatic rings. The molecular formula is C18H23FN4O2. The lowest BCUT2D eigenvalue weighted by atomic mass is 9.74. The van der Waals surface area contributed by atoms with E-state index >= 15 is 0 Å². The van der Waals surface area contributed by atoms with E-state index in [2.05, 4.69) is 15.5 Å². The third kappa shape index (κ3) is 3.87. The van der Waals surface area contributed by atoms with Crippen LogP contribution in [0.1, 0.15) is 51.5 Å². The van der Waals surface area contributed by atoms with Gasteiger partial charge in [0.1, 0.15) is 11.9 Å². The highest BCUT2D eigenvalue weighted by Gasteiger charge is 2.38. The van der Waals surface area contributed by atoms with Gasteiger partial charge in [0.15, 0.2) is 0 Å². The second-order valence-electron chi connectivity index (χ2n) is 7.00. The number of aromatic nitrogens is 2. The number of benzene rings is 1. The fourth-order valence-corrected chi connectivity index (χ4v) is 3.32. The summed E-state index contributed by atoms with van der Waals surface area (Å²) in [4.78, 5) is 16.9. The highest BCUT2D eigenvalue weighted by molar-refractivity contribution is 5.80. The van der Waals surface area contributed by atoms with E-state index in [1.165, 1.54) is 12.1 Å². The van der Waals surface area contributed by atoms with Crippen LogP contribution in [0.15, 0.2) is 28.8 Å². The van der Waals surface area contributed by atoms with Crippen LogP contribution in [0.25, 0.3) is 11.4 Å². The third-order valence-electron chi connectivity index (χ3n) is 4.82. The predicted octanol–water partition coefficient (Wildman–Crippen LogP) is 2.96. The van der Waals surface area contributed by atoms with Crippen molar-refractivity contribution in [1.29, 1.82) is 0 Å². The molecule has 3 atom stereocenters. The first-order valence-electron chi connectivity index (χ1n) is 8.55. The van der Waals surface area contributed by atoms with Gasteiger partial charge in [-0.15, -0.1) is 0 Å². The van der Waals surface area contributed by atoms with E-state index in [1.54, 1.807) is 19.1 Å². The molecule has 3 rings (SSSR count). The lowest BCUT2D eigenvalue weighted by Crippen LogP contribution is -2.53. The zero-order valence-corrected chi connectivity index (χ0v) is 14.5. The van der Waals surface area contributed by atoms with E-state index in [9.17, 15) is 9.18 Å². The first-order chi connectivity index (χ1) is 11.9. The number of halogens is 1. The SMILES string of the molecule is CC(NC(=O)C1CCCCC1(C)N)c1nc(-c2cccc(F)c2)no1. The van der Waals surface area contributed by atoms with E-state index in [0.29, 0.717) is 5.56 Å². The number of carbonyl (C=O) groups is 1. The molecule has 1 aliphatic carbocycles. The maximum absolute atomic E-state index is 13.3. The summed E-state index contributed by atoms with van der Waals surface area (Å²) in [5.41, 5.74) is 6.31. The Kier molecular flexibility index (Phi) is 4.85. The molecule has 1 saturated carbocycles. The van der Waals surface area contributed by atoms with Gasteiger partial charge >= 0.3 is 0 Å². The zero-order valence-electron chi connectivity index (χ0n) is 14.5. The molecule has 134 valence electrons. The summed E-state index contributed by atoms with van der Waals surface area (Å²) < 4.78 is 18.5. The Balaban J connectivity index is 1.69. The van der Waals surface area contributed by atoms with Crippen LogP contribution in [0.3, 0.4) is 0 Å². The van der Waals surface area contributed by atoms with Crippen LogP contribution in [0, 0.1) is 11.7 Å². The second-order valence-corrected chi connectivity index (χ2v) is 7.00. The number of amides is 1. The average molecular weight is 346 g/mol. The van der Waals surface area contributed by atoms with E-state index in [0.717, 1.165) is 25.7 Å². The highest BCUT2D eigenvalue weighted by Crippen LogP contribution is 2.32. The molecule has 0 saturated heterocycles. The molecule has 0 radical (unpaired) electrons. The number of nitrogens with two attached hydrogens (primary N) is 1. The van der Waals surface area contributed by atoms with Crippen LogP contribution in [0.2, 0.25) is 0 Å². The summed E-state index contributed by atoms with van der Waals surface area (Å²) >= 11 is 0. The Morgan fingerprint density at radius 2 is 2.28 bits per heavy atom. The monoisotopic (exact) mass is 346 g/mol. The number of carbonyl (C=O) groups excluding carboxylic acids is 1. The normalized spacial score (nSPS) is 24.7. The number of hydrogen-bond donors (Lipinski definition) is 2. The van der Waals surface area contributed by atoms with E-state index in [1.807, 2.05) is 6.92 Å². The molecular weight excluding hydrogens is 323 g/mol. The van der Waals surface area contributed by atoms with E-state index in [-0.39, 0.29) is 29.4 Å². The van der Waals surface area contributed by atoms with Gasteiger partial charge in [0.25, 0.3) is 0 Å². The molecule has 1 amide bonds. The van der Waals surface area contributed by atoms with Crippen molar-refractivity contribution in [1.82, 2.24) is 15.5 Å². The average Bonchev–Trinajstić information content (AvgIpc) is 3.04. The zero-order chi connectivity index (χ0) is 18.0. The summed E-state index contributed by atoms with van der Waals surface area (Å²) in [6.45, 7) is 3.70. The summed E-state index contributed by atoms with van der Waals surface area (Å²) in [6.07, 6.45) is 3.67. The Morgan fingerprint density at radius 3 is 3.00 bits per heavy atom. The minimum Gasteiger partial charge on any atom is -0.344 e. The van der Waals surface area contributed by atoms with Crippen molar-refractivity contribution in [2.45, 2.75) is 51.1 Å². The molecule has 25 heavy (non-hydrogen) atoms. The molecule has 0 spiro atoms. The maximum atomic E-state index is 13.3. The molecule has 3 unspecified atom stereocenters. The van der Waals surface area contributed by atoms with Crippen LogP contribution in [-0.2, 0) is 4.79 Å². The first-order valence-corrected chi connectivity index (χ1v) is 8.55. The van der Waals surface area contributed by atoms with E-state index in [4.69, 9.17) is 10.3 Å². The fraction of sp³-hybridized carbons (Fsp3) is 0.500. The van der Waals surface area contributed by atoms with Gasteiger partial charge in [-0.3, -0.25) is 4.79 Å². The Hall–Kier alpha value is -2.28. The van der Waals surface area contributed by atoms with Crippen LogP contribution in [0.4, 0.5) is 4.39 Å². The van der Waals surface area contributed by atoms with Gasteiger partial charge in [-0.2, -0.15) is 4.98 Å². The van der Waals surface area contributed by atoms with Crippen LogP contribution < -0.4 is 11.1 Å². The van der Waals surface area contributed by atoms with Gasteiger partial charge in [0, 0.05) is 11.1 Å². The quantitative estimate of drug-likeness (QED) is 0.887. The number of nitrogens with zero attached hydrogens (tertiary/aromatic N) is 2. The van der Waals surface area contributed by atoms with Gasteiger partial charge < -0.3 is 15.6 Å². The minimum atomic E-state index is -0.496. The van der Waals surface area contributed by atoms with Crippen molar-refractivity contribution in [3.63, 3.8) is 0 Å². The second kappa shape index (κ2) is 6.92. The minimum absolute atomic E-state index is 0.0947.